The molecule has 4 rings (SSSR count). The van der Waals surface area contributed by atoms with Gasteiger partial charge in [-0.3, -0.25) is 14.0 Å². The maximum atomic E-state index is 12.8. The summed E-state index contributed by atoms with van der Waals surface area (Å²) < 4.78 is 19.5. The van der Waals surface area contributed by atoms with Gasteiger partial charge in [-0.25, -0.2) is 4.68 Å². The highest BCUT2D eigenvalue weighted by molar-refractivity contribution is 5.82. The Bertz CT molecular complexity index is 1320. The SMILES string of the molecule is CCOc1ccc(CCNC(=O)Cn2nc(C)n3c(cc4occc43)c2=O)cc1OCC. The van der Waals surface area contributed by atoms with E-state index in [-0.39, 0.29) is 18.0 Å². The third kappa shape index (κ3) is 4.18. The van der Waals surface area contributed by atoms with Gasteiger partial charge >= 0.3 is 0 Å². The van der Waals surface area contributed by atoms with Crippen LogP contribution >= 0.6 is 0 Å². The molecule has 0 atom stereocenters. The van der Waals surface area contributed by atoms with Crippen LogP contribution in [0.2, 0.25) is 0 Å². The van der Waals surface area contributed by atoms with Gasteiger partial charge in [0.05, 0.1) is 25.0 Å². The number of furan rings is 1. The fourth-order valence-electron chi connectivity index (χ4n) is 3.72. The standard InChI is InChI=1S/C23H26N4O5/c1-4-30-19-7-6-16(12-21(19)31-5-2)8-10-24-22(28)14-26-23(29)18-13-20-17(9-11-32-20)27(18)15(3)25-26/h6-7,9,11-13H,4-5,8,10,14H2,1-3H3,(H,24,28). The Labute approximate surface area is 184 Å². The second kappa shape index (κ2) is 9.17. The van der Waals surface area contributed by atoms with Crippen molar-refractivity contribution in [3.63, 3.8) is 0 Å². The molecule has 9 heteroatoms. The Morgan fingerprint density at radius 3 is 2.66 bits per heavy atom. The van der Waals surface area contributed by atoms with Crippen molar-refractivity contribution in [2.45, 2.75) is 33.7 Å². The highest BCUT2D eigenvalue weighted by Gasteiger charge is 2.15. The normalized spacial score (nSPS) is 11.2. The highest BCUT2D eigenvalue weighted by atomic mass is 16.5. The molecule has 0 fully saturated rings. The lowest BCUT2D eigenvalue weighted by molar-refractivity contribution is -0.121. The number of nitrogens with zero attached hydrogens (tertiary/aromatic N) is 3. The topological polar surface area (TPSA) is 100 Å². The van der Waals surface area contributed by atoms with Crippen molar-refractivity contribution in [2.75, 3.05) is 19.8 Å². The molecule has 1 aromatic carbocycles. The van der Waals surface area contributed by atoms with Crippen LogP contribution in [0.1, 0.15) is 25.2 Å². The quantitative estimate of drug-likeness (QED) is 0.431. The molecule has 3 aromatic heterocycles. The first-order valence-corrected chi connectivity index (χ1v) is 10.6. The number of carbonyl (C=O) groups excluding carboxylic acids is 1. The molecule has 9 nitrogen and oxygen atoms in total. The number of hydrogen-bond acceptors (Lipinski definition) is 6. The van der Waals surface area contributed by atoms with Crippen LogP contribution in [0.25, 0.3) is 16.6 Å². The lowest BCUT2D eigenvalue weighted by atomic mass is 10.1. The molecule has 0 saturated carbocycles. The Morgan fingerprint density at radius 2 is 1.88 bits per heavy atom. The number of carbonyl (C=O) groups is 1. The van der Waals surface area contributed by atoms with E-state index in [1.165, 1.54) is 4.68 Å². The van der Waals surface area contributed by atoms with Gasteiger partial charge in [0, 0.05) is 18.7 Å². The number of ether oxygens (including phenoxy) is 2. The van der Waals surface area contributed by atoms with Crippen molar-refractivity contribution in [3.8, 4) is 11.5 Å². The molecule has 3 heterocycles. The minimum absolute atomic E-state index is 0.157. The van der Waals surface area contributed by atoms with Crippen molar-refractivity contribution >= 4 is 22.5 Å². The van der Waals surface area contributed by atoms with E-state index in [4.69, 9.17) is 13.9 Å². The molecule has 4 aromatic rings. The van der Waals surface area contributed by atoms with Crippen molar-refractivity contribution in [2.24, 2.45) is 0 Å². The van der Waals surface area contributed by atoms with Crippen molar-refractivity contribution in [1.29, 1.82) is 0 Å². The number of aromatic nitrogens is 3. The third-order valence-corrected chi connectivity index (χ3v) is 5.10. The fraction of sp³-hybridized carbons (Fsp3) is 0.348. The molecular weight excluding hydrogens is 412 g/mol. The molecule has 0 aliphatic carbocycles. The zero-order valence-corrected chi connectivity index (χ0v) is 18.4. The zero-order chi connectivity index (χ0) is 22.7. The number of fused-ring (bicyclic) bond motifs is 3. The van der Waals surface area contributed by atoms with Crippen molar-refractivity contribution in [3.05, 3.63) is 58.3 Å². The molecule has 1 amide bonds. The average Bonchev–Trinajstić information content (AvgIpc) is 3.35. The van der Waals surface area contributed by atoms with Gasteiger partial charge in [-0.15, -0.1) is 0 Å². The van der Waals surface area contributed by atoms with E-state index in [0.29, 0.717) is 54.6 Å². The van der Waals surface area contributed by atoms with Crippen LogP contribution in [0.15, 0.2) is 45.8 Å². The molecular formula is C23H26N4O5. The van der Waals surface area contributed by atoms with E-state index in [0.717, 1.165) is 11.1 Å². The van der Waals surface area contributed by atoms with Crippen LogP contribution in [0.3, 0.4) is 0 Å². The Morgan fingerprint density at radius 1 is 1.09 bits per heavy atom. The number of nitrogens with one attached hydrogen (secondary N) is 1. The van der Waals surface area contributed by atoms with Gasteiger partial charge < -0.3 is 19.2 Å². The van der Waals surface area contributed by atoms with E-state index < -0.39 is 0 Å². The first kappa shape index (κ1) is 21.5. The van der Waals surface area contributed by atoms with E-state index in [1.54, 1.807) is 29.7 Å². The molecule has 168 valence electrons. The minimum atomic E-state index is -0.343. The van der Waals surface area contributed by atoms with Gasteiger partial charge in [0.25, 0.3) is 5.56 Å². The first-order chi connectivity index (χ1) is 15.5. The summed E-state index contributed by atoms with van der Waals surface area (Å²) in [6.45, 7) is 7.00. The number of aryl methyl sites for hydroxylation is 1. The van der Waals surface area contributed by atoms with E-state index in [2.05, 4.69) is 10.4 Å². The first-order valence-electron chi connectivity index (χ1n) is 10.6. The molecule has 32 heavy (non-hydrogen) atoms. The minimum Gasteiger partial charge on any atom is -0.490 e. The largest absolute Gasteiger partial charge is 0.490 e. The fourth-order valence-corrected chi connectivity index (χ4v) is 3.72. The molecule has 0 saturated heterocycles. The second-order valence-electron chi connectivity index (χ2n) is 7.29. The smallest absolute Gasteiger partial charge is 0.291 e. The Kier molecular flexibility index (Phi) is 6.16. The lowest BCUT2D eigenvalue weighted by Crippen LogP contribution is -2.35. The molecule has 0 spiro atoms. The number of hydrogen-bond donors (Lipinski definition) is 1. The van der Waals surface area contributed by atoms with E-state index in [1.807, 2.05) is 32.0 Å². The summed E-state index contributed by atoms with van der Waals surface area (Å²) in [6.07, 6.45) is 2.19. The Balaban J connectivity index is 1.41. The monoisotopic (exact) mass is 438 g/mol. The van der Waals surface area contributed by atoms with Gasteiger partial charge in [-0.1, -0.05) is 6.07 Å². The summed E-state index contributed by atoms with van der Waals surface area (Å²) in [4.78, 5) is 25.2. The number of benzene rings is 1. The van der Waals surface area contributed by atoms with Crippen LogP contribution in [-0.4, -0.2) is 39.8 Å². The van der Waals surface area contributed by atoms with Crippen molar-refractivity contribution in [1.82, 2.24) is 19.5 Å². The summed E-state index contributed by atoms with van der Waals surface area (Å²) in [7, 11) is 0. The summed E-state index contributed by atoms with van der Waals surface area (Å²) >= 11 is 0. The second-order valence-corrected chi connectivity index (χ2v) is 7.29. The van der Waals surface area contributed by atoms with Crippen LogP contribution in [-0.2, 0) is 17.8 Å². The third-order valence-electron chi connectivity index (χ3n) is 5.10. The van der Waals surface area contributed by atoms with Crippen LogP contribution in [0, 0.1) is 6.92 Å². The van der Waals surface area contributed by atoms with Gasteiger partial charge in [0.1, 0.15) is 17.9 Å². The zero-order valence-electron chi connectivity index (χ0n) is 18.4. The van der Waals surface area contributed by atoms with Gasteiger partial charge in [0.2, 0.25) is 5.91 Å². The Hall–Kier alpha value is -3.75. The summed E-state index contributed by atoms with van der Waals surface area (Å²) in [5.74, 6) is 1.71. The molecule has 0 unspecified atom stereocenters. The predicted octanol–water partition coefficient (Wildman–Crippen LogP) is 2.71. The maximum absolute atomic E-state index is 12.8. The lowest BCUT2D eigenvalue weighted by Gasteiger charge is -2.13. The van der Waals surface area contributed by atoms with E-state index >= 15 is 0 Å². The summed E-state index contributed by atoms with van der Waals surface area (Å²) in [6, 6.07) is 9.20. The summed E-state index contributed by atoms with van der Waals surface area (Å²) in [5, 5.41) is 7.15. The van der Waals surface area contributed by atoms with Crippen LogP contribution < -0.4 is 20.3 Å². The van der Waals surface area contributed by atoms with Gasteiger partial charge in [-0.2, -0.15) is 5.10 Å². The molecule has 0 aliphatic heterocycles. The predicted molar refractivity (Wildman–Crippen MR) is 119 cm³/mol. The highest BCUT2D eigenvalue weighted by Crippen LogP contribution is 2.28. The van der Waals surface area contributed by atoms with Gasteiger partial charge in [0.15, 0.2) is 17.1 Å². The maximum Gasteiger partial charge on any atom is 0.291 e. The number of rotatable bonds is 9. The van der Waals surface area contributed by atoms with Crippen molar-refractivity contribution < 1.29 is 18.7 Å². The summed E-state index contributed by atoms with van der Waals surface area (Å²) in [5.41, 5.74) is 2.49. The average molecular weight is 438 g/mol. The molecule has 1 N–H and O–H groups in total. The van der Waals surface area contributed by atoms with Crippen LogP contribution in [0.5, 0.6) is 11.5 Å². The van der Waals surface area contributed by atoms with E-state index in [9.17, 15) is 9.59 Å². The number of amides is 1. The molecule has 0 aliphatic rings. The van der Waals surface area contributed by atoms with Gasteiger partial charge in [-0.05, 0) is 44.9 Å². The van der Waals surface area contributed by atoms with Crippen LogP contribution in [0.4, 0.5) is 0 Å². The molecule has 0 bridgehead atoms. The molecule has 0 radical (unpaired) electrons.